The highest BCUT2D eigenvalue weighted by Crippen LogP contribution is 2.14. The van der Waals surface area contributed by atoms with Crippen LogP contribution in [0.5, 0.6) is 0 Å². The number of hydrogen-bond donors (Lipinski definition) is 2. The van der Waals surface area contributed by atoms with Crippen molar-refractivity contribution in [3.8, 4) is 0 Å². The summed E-state index contributed by atoms with van der Waals surface area (Å²) in [7, 11) is 0. The van der Waals surface area contributed by atoms with E-state index >= 15 is 0 Å². The Morgan fingerprint density at radius 1 is 1.39 bits per heavy atom. The Bertz CT molecular complexity index is 578. The molecule has 1 heterocycles. The van der Waals surface area contributed by atoms with Gasteiger partial charge in [-0.3, -0.25) is 4.79 Å². The number of halogens is 1. The predicted octanol–water partition coefficient (Wildman–Crippen LogP) is 2.36. The number of nitrogen functional groups attached to an aromatic ring is 1. The molecule has 3 N–H and O–H groups in total. The highest BCUT2D eigenvalue weighted by molar-refractivity contribution is 6.04. The van der Waals surface area contributed by atoms with Crippen LogP contribution in [-0.2, 0) is 0 Å². The first kappa shape index (κ1) is 12.0. The van der Waals surface area contributed by atoms with Gasteiger partial charge in [-0.05, 0) is 36.8 Å². The van der Waals surface area contributed by atoms with E-state index < -0.39 is 11.7 Å². The van der Waals surface area contributed by atoms with Crippen LogP contribution in [0.2, 0.25) is 0 Å². The highest BCUT2D eigenvalue weighted by atomic mass is 19.1. The Morgan fingerprint density at radius 2 is 2.17 bits per heavy atom. The molecule has 1 aromatic carbocycles. The molecule has 1 aromatic heterocycles. The molecule has 0 spiro atoms. The normalized spacial score (nSPS) is 10.1. The number of nitrogens with zero attached hydrogens (tertiary/aromatic N) is 1. The molecule has 4 nitrogen and oxygen atoms in total. The minimum absolute atomic E-state index is 0.164. The summed E-state index contributed by atoms with van der Waals surface area (Å²) >= 11 is 0. The average Bonchev–Trinajstić information content (AvgIpc) is 2.31. The summed E-state index contributed by atoms with van der Waals surface area (Å²) in [6, 6.07) is 7.29. The van der Waals surface area contributed by atoms with Crippen molar-refractivity contribution in [2.75, 3.05) is 11.1 Å². The number of nitrogens with two attached hydrogens (primary N) is 1. The first-order chi connectivity index (χ1) is 8.56. The molecule has 5 heteroatoms. The van der Waals surface area contributed by atoms with Gasteiger partial charge in [0.05, 0.1) is 0 Å². The predicted molar refractivity (Wildman–Crippen MR) is 67.7 cm³/mol. The van der Waals surface area contributed by atoms with Crippen molar-refractivity contribution in [1.29, 1.82) is 0 Å². The molecule has 18 heavy (non-hydrogen) atoms. The van der Waals surface area contributed by atoms with E-state index in [0.29, 0.717) is 5.82 Å². The third kappa shape index (κ3) is 2.63. The Labute approximate surface area is 104 Å². The Morgan fingerprint density at radius 3 is 2.83 bits per heavy atom. The molecular weight excluding hydrogens is 233 g/mol. The molecule has 0 unspecified atom stereocenters. The van der Waals surface area contributed by atoms with Gasteiger partial charge in [0.15, 0.2) is 0 Å². The molecule has 92 valence electrons. The maximum absolute atomic E-state index is 13.1. The van der Waals surface area contributed by atoms with E-state index in [-0.39, 0.29) is 11.3 Å². The molecule has 1 amide bonds. The number of amides is 1. The van der Waals surface area contributed by atoms with Crippen LogP contribution in [0.25, 0.3) is 0 Å². The third-order valence-electron chi connectivity index (χ3n) is 2.42. The van der Waals surface area contributed by atoms with Gasteiger partial charge in [-0.1, -0.05) is 6.07 Å². The number of aryl methyl sites for hydroxylation is 1. The second-order valence-corrected chi connectivity index (χ2v) is 3.90. The van der Waals surface area contributed by atoms with Gasteiger partial charge in [-0.15, -0.1) is 0 Å². The maximum Gasteiger partial charge on any atom is 0.257 e. The SMILES string of the molecule is Cc1cccnc1NC(=O)c1cc(N)cc(F)c1. The van der Waals surface area contributed by atoms with E-state index in [1.807, 2.05) is 13.0 Å². The first-order valence-corrected chi connectivity index (χ1v) is 5.35. The van der Waals surface area contributed by atoms with Crippen molar-refractivity contribution in [3.63, 3.8) is 0 Å². The molecule has 0 atom stereocenters. The second-order valence-electron chi connectivity index (χ2n) is 3.90. The summed E-state index contributed by atoms with van der Waals surface area (Å²) in [5, 5.41) is 2.61. The number of rotatable bonds is 2. The van der Waals surface area contributed by atoms with E-state index in [0.717, 1.165) is 17.7 Å². The van der Waals surface area contributed by atoms with Crippen molar-refractivity contribution in [2.24, 2.45) is 0 Å². The van der Waals surface area contributed by atoms with Gasteiger partial charge in [0, 0.05) is 17.4 Å². The smallest absolute Gasteiger partial charge is 0.257 e. The summed E-state index contributed by atoms with van der Waals surface area (Å²) in [5.41, 5.74) is 6.68. The first-order valence-electron chi connectivity index (χ1n) is 5.35. The number of anilines is 2. The van der Waals surface area contributed by atoms with Crippen molar-refractivity contribution in [2.45, 2.75) is 6.92 Å². The van der Waals surface area contributed by atoms with Crippen LogP contribution in [0.15, 0.2) is 36.5 Å². The monoisotopic (exact) mass is 245 g/mol. The fourth-order valence-corrected chi connectivity index (χ4v) is 1.54. The van der Waals surface area contributed by atoms with Gasteiger partial charge in [0.25, 0.3) is 5.91 Å². The summed E-state index contributed by atoms with van der Waals surface area (Å²) in [6.07, 6.45) is 1.57. The Balaban J connectivity index is 2.25. The maximum atomic E-state index is 13.1. The molecule has 0 bridgehead atoms. The van der Waals surface area contributed by atoms with E-state index in [4.69, 9.17) is 5.73 Å². The lowest BCUT2D eigenvalue weighted by Gasteiger charge is -2.07. The van der Waals surface area contributed by atoms with Crippen molar-refractivity contribution in [1.82, 2.24) is 4.98 Å². The summed E-state index contributed by atoms with van der Waals surface area (Å²) < 4.78 is 13.1. The van der Waals surface area contributed by atoms with Crippen LogP contribution < -0.4 is 11.1 Å². The lowest BCUT2D eigenvalue weighted by Crippen LogP contribution is -2.14. The van der Waals surface area contributed by atoms with Crippen LogP contribution in [0.3, 0.4) is 0 Å². The molecule has 0 aliphatic carbocycles. The van der Waals surface area contributed by atoms with Gasteiger partial charge in [0.1, 0.15) is 11.6 Å². The number of pyridine rings is 1. The van der Waals surface area contributed by atoms with Gasteiger partial charge >= 0.3 is 0 Å². The van der Waals surface area contributed by atoms with Crippen LogP contribution in [0.4, 0.5) is 15.9 Å². The quantitative estimate of drug-likeness (QED) is 0.798. The fraction of sp³-hybridized carbons (Fsp3) is 0.0769. The van der Waals surface area contributed by atoms with E-state index in [1.54, 1.807) is 12.3 Å². The van der Waals surface area contributed by atoms with E-state index in [1.165, 1.54) is 6.07 Å². The van der Waals surface area contributed by atoms with Crippen LogP contribution in [0, 0.1) is 12.7 Å². The molecule has 0 saturated heterocycles. The number of nitrogens with one attached hydrogen (secondary N) is 1. The number of benzene rings is 1. The topological polar surface area (TPSA) is 68.0 Å². The van der Waals surface area contributed by atoms with Gasteiger partial charge < -0.3 is 11.1 Å². The van der Waals surface area contributed by atoms with Crippen LogP contribution in [0.1, 0.15) is 15.9 Å². The Hall–Kier alpha value is -2.43. The number of carbonyl (C=O) groups excluding carboxylic acids is 1. The lowest BCUT2D eigenvalue weighted by atomic mass is 10.2. The standard InChI is InChI=1S/C13H12FN3O/c1-8-3-2-4-16-12(8)17-13(18)9-5-10(14)7-11(15)6-9/h2-7H,15H2,1H3,(H,16,17,18). The van der Waals surface area contributed by atoms with Crippen molar-refractivity contribution >= 4 is 17.4 Å². The zero-order chi connectivity index (χ0) is 13.1. The molecule has 0 saturated carbocycles. The summed E-state index contributed by atoms with van der Waals surface area (Å²) in [5.74, 6) is -0.536. The molecule has 2 aromatic rings. The molecular formula is C13H12FN3O. The molecule has 0 aliphatic heterocycles. The third-order valence-corrected chi connectivity index (χ3v) is 2.42. The summed E-state index contributed by atoms with van der Waals surface area (Å²) in [4.78, 5) is 15.9. The number of carbonyl (C=O) groups is 1. The fourth-order valence-electron chi connectivity index (χ4n) is 1.54. The molecule has 0 radical (unpaired) electrons. The minimum atomic E-state index is -0.544. The average molecular weight is 245 g/mol. The van der Waals surface area contributed by atoms with E-state index in [9.17, 15) is 9.18 Å². The largest absolute Gasteiger partial charge is 0.399 e. The van der Waals surface area contributed by atoms with Gasteiger partial charge in [-0.2, -0.15) is 0 Å². The van der Waals surface area contributed by atoms with Gasteiger partial charge in [-0.25, -0.2) is 9.37 Å². The summed E-state index contributed by atoms with van der Waals surface area (Å²) in [6.45, 7) is 1.82. The zero-order valence-electron chi connectivity index (χ0n) is 9.77. The highest BCUT2D eigenvalue weighted by Gasteiger charge is 2.10. The van der Waals surface area contributed by atoms with Crippen molar-refractivity contribution in [3.05, 3.63) is 53.5 Å². The van der Waals surface area contributed by atoms with E-state index in [2.05, 4.69) is 10.3 Å². The lowest BCUT2D eigenvalue weighted by molar-refractivity contribution is 0.102. The number of hydrogen-bond acceptors (Lipinski definition) is 3. The molecule has 0 aliphatic rings. The molecule has 0 fully saturated rings. The number of aromatic nitrogens is 1. The minimum Gasteiger partial charge on any atom is -0.399 e. The van der Waals surface area contributed by atoms with Crippen LogP contribution in [-0.4, -0.2) is 10.9 Å². The van der Waals surface area contributed by atoms with Gasteiger partial charge in [0.2, 0.25) is 0 Å². The van der Waals surface area contributed by atoms with Crippen LogP contribution >= 0.6 is 0 Å². The Kier molecular flexibility index (Phi) is 3.23. The zero-order valence-corrected chi connectivity index (χ0v) is 9.77. The second kappa shape index (κ2) is 4.83. The van der Waals surface area contributed by atoms with Crippen molar-refractivity contribution < 1.29 is 9.18 Å². The molecule has 2 rings (SSSR count).